The second-order valence-corrected chi connectivity index (χ2v) is 10.1. The Morgan fingerprint density at radius 2 is 1.50 bits per heavy atom. The number of rotatable bonds is 4. The standard InChI is InChI=1S/C31H33N3O2/c1-36-25-15-11-21(12-16-25)23-19-28-30(29(35)20-23)31(33-27-8-4-3-7-26(27)32-28)22-9-13-24(14-10-22)34-17-5-2-6-18-34/h3-4,7-16,23,31-33H,2,5-6,17-20H2,1H3. The number of hydrogen-bond donors (Lipinski definition) is 2. The molecule has 0 bridgehead atoms. The summed E-state index contributed by atoms with van der Waals surface area (Å²) >= 11 is 0. The third-order valence-corrected chi connectivity index (χ3v) is 7.84. The number of benzene rings is 3. The minimum atomic E-state index is -0.184. The molecule has 1 fully saturated rings. The van der Waals surface area contributed by atoms with E-state index in [1.165, 1.54) is 30.5 Å². The van der Waals surface area contributed by atoms with Crippen LogP contribution in [0.1, 0.15) is 55.2 Å². The van der Waals surface area contributed by atoms with Crippen molar-refractivity contribution in [1.29, 1.82) is 0 Å². The van der Waals surface area contributed by atoms with Crippen molar-refractivity contribution in [2.24, 2.45) is 0 Å². The molecule has 5 nitrogen and oxygen atoms in total. The maximum atomic E-state index is 13.8. The quantitative estimate of drug-likeness (QED) is 0.438. The molecular formula is C31H33N3O2. The molecule has 2 unspecified atom stereocenters. The molecule has 1 aliphatic carbocycles. The number of nitrogens with one attached hydrogen (secondary N) is 2. The first-order valence-electron chi connectivity index (χ1n) is 13.1. The number of anilines is 3. The number of allylic oxidation sites excluding steroid dienone is 1. The Kier molecular flexibility index (Phi) is 6.14. The van der Waals surface area contributed by atoms with Crippen LogP contribution >= 0.6 is 0 Å². The van der Waals surface area contributed by atoms with Gasteiger partial charge in [0.15, 0.2) is 5.78 Å². The first kappa shape index (κ1) is 22.7. The van der Waals surface area contributed by atoms with Crippen LogP contribution in [-0.2, 0) is 4.79 Å². The molecule has 3 aromatic carbocycles. The van der Waals surface area contributed by atoms with Crippen LogP contribution in [0.5, 0.6) is 5.75 Å². The highest BCUT2D eigenvalue weighted by Gasteiger charge is 2.36. The van der Waals surface area contributed by atoms with Crippen molar-refractivity contribution in [3.8, 4) is 5.75 Å². The van der Waals surface area contributed by atoms with E-state index in [1.54, 1.807) is 7.11 Å². The van der Waals surface area contributed by atoms with Crippen molar-refractivity contribution < 1.29 is 9.53 Å². The number of carbonyl (C=O) groups excluding carboxylic acids is 1. The largest absolute Gasteiger partial charge is 0.497 e. The molecular weight excluding hydrogens is 446 g/mol. The van der Waals surface area contributed by atoms with E-state index < -0.39 is 0 Å². The SMILES string of the molecule is COc1ccc(C2CC(=O)C3=C(C2)Nc2ccccc2NC3c2ccc(N3CCCCC3)cc2)cc1. The van der Waals surface area contributed by atoms with Gasteiger partial charge in [0.25, 0.3) is 0 Å². The van der Waals surface area contributed by atoms with E-state index in [9.17, 15) is 4.79 Å². The average Bonchev–Trinajstić information content (AvgIpc) is 3.11. The number of ether oxygens (including phenoxy) is 1. The Balaban J connectivity index is 1.35. The number of para-hydroxylation sites is 2. The summed E-state index contributed by atoms with van der Waals surface area (Å²) in [5.41, 5.74) is 7.49. The second-order valence-electron chi connectivity index (χ2n) is 10.1. The summed E-state index contributed by atoms with van der Waals surface area (Å²) in [4.78, 5) is 16.2. The molecule has 3 aliphatic rings. The number of methoxy groups -OCH3 is 1. The molecule has 0 saturated carbocycles. The van der Waals surface area contributed by atoms with Crippen molar-refractivity contribution >= 4 is 22.8 Å². The molecule has 2 atom stereocenters. The number of ketones is 1. The number of hydrogen-bond acceptors (Lipinski definition) is 5. The minimum Gasteiger partial charge on any atom is -0.497 e. The Hall–Kier alpha value is -3.73. The van der Waals surface area contributed by atoms with Crippen LogP contribution in [-0.4, -0.2) is 26.0 Å². The zero-order chi connectivity index (χ0) is 24.5. The molecule has 2 heterocycles. The fraction of sp³-hybridized carbons (Fsp3) is 0.323. The first-order valence-corrected chi connectivity index (χ1v) is 13.1. The molecule has 2 N–H and O–H groups in total. The molecule has 6 rings (SSSR count). The van der Waals surface area contributed by atoms with Gasteiger partial charge in [-0.3, -0.25) is 4.79 Å². The molecule has 0 amide bonds. The zero-order valence-corrected chi connectivity index (χ0v) is 20.8. The first-order chi connectivity index (χ1) is 17.7. The number of piperidine rings is 1. The van der Waals surface area contributed by atoms with E-state index in [0.717, 1.165) is 53.5 Å². The van der Waals surface area contributed by atoms with Crippen molar-refractivity contribution in [3.63, 3.8) is 0 Å². The molecule has 36 heavy (non-hydrogen) atoms. The van der Waals surface area contributed by atoms with E-state index in [4.69, 9.17) is 4.74 Å². The smallest absolute Gasteiger partial charge is 0.163 e. The lowest BCUT2D eigenvalue weighted by Gasteiger charge is -2.31. The van der Waals surface area contributed by atoms with Gasteiger partial charge in [-0.05, 0) is 79.1 Å². The maximum Gasteiger partial charge on any atom is 0.163 e. The fourth-order valence-corrected chi connectivity index (χ4v) is 5.88. The van der Waals surface area contributed by atoms with Crippen LogP contribution < -0.4 is 20.3 Å². The highest BCUT2D eigenvalue weighted by Crippen LogP contribution is 2.44. The van der Waals surface area contributed by atoms with E-state index in [-0.39, 0.29) is 17.7 Å². The van der Waals surface area contributed by atoms with Crippen LogP contribution in [0, 0.1) is 0 Å². The zero-order valence-electron chi connectivity index (χ0n) is 20.8. The Bertz CT molecular complexity index is 1270. The monoisotopic (exact) mass is 479 g/mol. The predicted octanol–water partition coefficient (Wildman–Crippen LogP) is 6.67. The van der Waals surface area contributed by atoms with Crippen molar-refractivity contribution in [3.05, 3.63) is 95.2 Å². The van der Waals surface area contributed by atoms with E-state index in [1.807, 2.05) is 24.3 Å². The van der Waals surface area contributed by atoms with Crippen molar-refractivity contribution in [2.75, 3.05) is 35.7 Å². The van der Waals surface area contributed by atoms with Gasteiger partial charge in [-0.1, -0.05) is 36.4 Å². The molecule has 184 valence electrons. The minimum absolute atomic E-state index is 0.141. The Morgan fingerprint density at radius 1 is 0.806 bits per heavy atom. The van der Waals surface area contributed by atoms with E-state index in [0.29, 0.717) is 6.42 Å². The topological polar surface area (TPSA) is 53.6 Å². The maximum absolute atomic E-state index is 13.8. The van der Waals surface area contributed by atoms with Gasteiger partial charge >= 0.3 is 0 Å². The number of nitrogens with zero attached hydrogens (tertiary/aromatic N) is 1. The van der Waals surface area contributed by atoms with Gasteiger partial charge in [0.05, 0.1) is 24.5 Å². The molecule has 5 heteroatoms. The van der Waals surface area contributed by atoms with Gasteiger partial charge < -0.3 is 20.3 Å². The summed E-state index contributed by atoms with van der Waals surface area (Å²) in [6, 6.07) is 25.0. The lowest BCUT2D eigenvalue weighted by molar-refractivity contribution is -0.116. The summed E-state index contributed by atoms with van der Waals surface area (Å²) in [5, 5.41) is 7.34. The van der Waals surface area contributed by atoms with Gasteiger partial charge in [0.1, 0.15) is 5.75 Å². The predicted molar refractivity (Wildman–Crippen MR) is 146 cm³/mol. The summed E-state index contributed by atoms with van der Waals surface area (Å²) < 4.78 is 5.33. The number of Topliss-reactive ketones (excluding diaryl/α,β-unsaturated/α-hetero) is 1. The number of carbonyl (C=O) groups is 1. The van der Waals surface area contributed by atoms with Gasteiger partial charge in [-0.25, -0.2) is 0 Å². The van der Waals surface area contributed by atoms with Crippen molar-refractivity contribution in [1.82, 2.24) is 0 Å². The third kappa shape index (κ3) is 4.34. The van der Waals surface area contributed by atoms with Gasteiger partial charge in [-0.2, -0.15) is 0 Å². The number of fused-ring (bicyclic) bond motifs is 1. The molecule has 0 radical (unpaired) electrons. The average molecular weight is 480 g/mol. The highest BCUT2D eigenvalue weighted by molar-refractivity contribution is 6.01. The van der Waals surface area contributed by atoms with E-state index >= 15 is 0 Å². The van der Waals surface area contributed by atoms with Crippen LogP contribution in [0.2, 0.25) is 0 Å². The van der Waals surface area contributed by atoms with Gasteiger partial charge in [0.2, 0.25) is 0 Å². The Labute approximate surface area is 213 Å². The lowest BCUT2D eigenvalue weighted by Crippen LogP contribution is -2.29. The van der Waals surface area contributed by atoms with Gasteiger partial charge in [0, 0.05) is 36.5 Å². The van der Waals surface area contributed by atoms with Crippen LogP contribution in [0.4, 0.5) is 17.1 Å². The summed E-state index contributed by atoms with van der Waals surface area (Å²) in [5.74, 6) is 1.18. The van der Waals surface area contributed by atoms with Crippen LogP contribution in [0.3, 0.4) is 0 Å². The third-order valence-electron chi connectivity index (χ3n) is 7.84. The highest BCUT2D eigenvalue weighted by atomic mass is 16.5. The summed E-state index contributed by atoms with van der Waals surface area (Å²) in [7, 11) is 1.68. The summed E-state index contributed by atoms with van der Waals surface area (Å²) in [6.07, 6.45) is 5.14. The summed E-state index contributed by atoms with van der Waals surface area (Å²) in [6.45, 7) is 2.25. The molecule has 2 aliphatic heterocycles. The second kappa shape index (κ2) is 9.73. The molecule has 3 aromatic rings. The normalized spacial score (nSPS) is 21.6. The molecule has 0 spiro atoms. The molecule has 1 saturated heterocycles. The van der Waals surface area contributed by atoms with Crippen LogP contribution in [0.15, 0.2) is 84.1 Å². The molecule has 0 aromatic heterocycles. The van der Waals surface area contributed by atoms with Gasteiger partial charge in [-0.15, -0.1) is 0 Å². The Morgan fingerprint density at radius 3 is 2.22 bits per heavy atom. The fourth-order valence-electron chi connectivity index (χ4n) is 5.88. The lowest BCUT2D eigenvalue weighted by atomic mass is 9.78. The van der Waals surface area contributed by atoms with E-state index in [2.05, 4.69) is 64.1 Å². The van der Waals surface area contributed by atoms with Crippen molar-refractivity contribution in [2.45, 2.75) is 44.1 Å². The van der Waals surface area contributed by atoms with Crippen LogP contribution in [0.25, 0.3) is 0 Å².